The molecule has 0 aliphatic carbocycles. The number of anilines is 1. The molecule has 0 aromatic heterocycles. The first-order chi connectivity index (χ1) is 13.7. The zero-order valence-electron chi connectivity index (χ0n) is 16.1. The molecule has 0 fully saturated rings. The Kier molecular flexibility index (Phi) is 6.27. The first-order valence-corrected chi connectivity index (χ1v) is 9.87. The highest BCUT2D eigenvalue weighted by Gasteiger charge is 2.26. The fourth-order valence-electron chi connectivity index (χ4n) is 3.06. The second kappa shape index (κ2) is 8.69. The molecule has 0 radical (unpaired) electrons. The minimum Gasteiger partial charge on any atom is -0.345 e. The highest BCUT2D eigenvalue weighted by molar-refractivity contribution is 9.10. The van der Waals surface area contributed by atoms with E-state index in [4.69, 9.17) is 0 Å². The van der Waals surface area contributed by atoms with Crippen molar-refractivity contribution in [1.29, 1.82) is 0 Å². The van der Waals surface area contributed by atoms with Gasteiger partial charge in [-0.3, -0.25) is 14.4 Å². The van der Waals surface area contributed by atoms with Gasteiger partial charge < -0.3 is 10.2 Å². The highest BCUT2D eigenvalue weighted by Crippen LogP contribution is 2.32. The number of benzene rings is 2. The summed E-state index contributed by atoms with van der Waals surface area (Å²) < 4.78 is 14.8. The summed E-state index contributed by atoms with van der Waals surface area (Å²) in [5.74, 6) is -1.24. The first kappa shape index (κ1) is 20.9. The van der Waals surface area contributed by atoms with Crippen molar-refractivity contribution in [2.24, 2.45) is 0 Å². The Labute approximate surface area is 176 Å². The van der Waals surface area contributed by atoms with Gasteiger partial charge in [-0.2, -0.15) is 0 Å². The molecule has 2 amide bonds. The van der Waals surface area contributed by atoms with E-state index in [2.05, 4.69) is 21.2 Å². The standard InChI is InChI=1S/C22H20BrFN2O3/c1-13-3-4-15(7-19(13)24)12-26-20-10-18(23)6-5-16(20)8-17(9-21(26)28)22(29)25-11-14(2)27/h3-8,10H,9,11-12H2,1-2H3,(H,25,29). The van der Waals surface area contributed by atoms with E-state index in [1.165, 1.54) is 13.0 Å². The summed E-state index contributed by atoms with van der Waals surface area (Å²) in [4.78, 5) is 38.2. The lowest BCUT2D eigenvalue weighted by Crippen LogP contribution is -2.33. The summed E-state index contributed by atoms with van der Waals surface area (Å²) in [5.41, 5.74) is 2.78. The maximum Gasteiger partial charge on any atom is 0.248 e. The molecule has 150 valence electrons. The van der Waals surface area contributed by atoms with Gasteiger partial charge in [0, 0.05) is 10.0 Å². The number of fused-ring (bicyclic) bond motifs is 1. The summed E-state index contributed by atoms with van der Waals surface area (Å²) in [6.45, 7) is 3.14. The molecule has 0 bridgehead atoms. The number of nitrogens with zero attached hydrogens (tertiary/aromatic N) is 1. The van der Waals surface area contributed by atoms with Crippen molar-refractivity contribution in [2.45, 2.75) is 26.8 Å². The molecule has 0 saturated heterocycles. The molecule has 0 spiro atoms. The number of amides is 2. The van der Waals surface area contributed by atoms with Crippen LogP contribution in [-0.2, 0) is 20.9 Å². The van der Waals surface area contributed by atoms with E-state index in [1.54, 1.807) is 42.2 Å². The number of hydrogen-bond acceptors (Lipinski definition) is 3. The van der Waals surface area contributed by atoms with E-state index in [0.717, 1.165) is 4.47 Å². The number of carbonyl (C=O) groups excluding carboxylic acids is 3. The van der Waals surface area contributed by atoms with Crippen molar-refractivity contribution in [2.75, 3.05) is 11.4 Å². The van der Waals surface area contributed by atoms with Gasteiger partial charge in [-0.25, -0.2) is 4.39 Å². The van der Waals surface area contributed by atoms with Crippen LogP contribution >= 0.6 is 15.9 Å². The van der Waals surface area contributed by atoms with Crippen LogP contribution in [0.25, 0.3) is 6.08 Å². The van der Waals surface area contributed by atoms with E-state index in [9.17, 15) is 18.8 Å². The third-order valence-corrected chi connectivity index (χ3v) is 5.12. The SMILES string of the molecule is CC(=O)CNC(=O)C1=Cc2ccc(Br)cc2N(Cc2ccc(C)c(F)c2)C(=O)C1. The smallest absolute Gasteiger partial charge is 0.248 e. The molecule has 7 heteroatoms. The molecular weight excluding hydrogens is 439 g/mol. The molecule has 1 N–H and O–H groups in total. The quantitative estimate of drug-likeness (QED) is 0.737. The third-order valence-electron chi connectivity index (χ3n) is 4.62. The molecule has 1 aliphatic rings. The minimum absolute atomic E-state index is 0.0933. The van der Waals surface area contributed by atoms with Crippen molar-refractivity contribution in [1.82, 2.24) is 5.32 Å². The fourth-order valence-corrected chi connectivity index (χ4v) is 3.41. The van der Waals surface area contributed by atoms with E-state index in [0.29, 0.717) is 22.4 Å². The number of hydrogen-bond donors (Lipinski definition) is 1. The van der Waals surface area contributed by atoms with Gasteiger partial charge >= 0.3 is 0 Å². The lowest BCUT2D eigenvalue weighted by molar-refractivity contribution is -0.123. The molecule has 2 aromatic carbocycles. The molecule has 1 aliphatic heterocycles. The monoisotopic (exact) mass is 458 g/mol. The van der Waals surface area contributed by atoms with Crippen LogP contribution in [0.1, 0.15) is 30.0 Å². The summed E-state index contributed by atoms with van der Waals surface area (Å²) in [5, 5.41) is 2.53. The van der Waals surface area contributed by atoms with Crippen LogP contribution in [0, 0.1) is 12.7 Å². The van der Waals surface area contributed by atoms with E-state index in [1.807, 2.05) is 6.07 Å². The van der Waals surface area contributed by atoms with Crippen molar-refractivity contribution < 1.29 is 18.8 Å². The van der Waals surface area contributed by atoms with Crippen LogP contribution in [0.2, 0.25) is 0 Å². The van der Waals surface area contributed by atoms with Crippen LogP contribution in [0.3, 0.4) is 0 Å². The largest absolute Gasteiger partial charge is 0.345 e. The Morgan fingerprint density at radius 2 is 1.97 bits per heavy atom. The zero-order chi connectivity index (χ0) is 21.1. The predicted molar refractivity (Wildman–Crippen MR) is 113 cm³/mol. The van der Waals surface area contributed by atoms with Gasteiger partial charge in [0.15, 0.2) is 0 Å². The maximum atomic E-state index is 14.0. The summed E-state index contributed by atoms with van der Waals surface area (Å²) in [7, 11) is 0. The zero-order valence-corrected chi connectivity index (χ0v) is 17.7. The van der Waals surface area contributed by atoms with Gasteiger partial charge in [0.05, 0.1) is 25.2 Å². The van der Waals surface area contributed by atoms with Crippen molar-refractivity contribution in [3.05, 3.63) is 69.0 Å². The van der Waals surface area contributed by atoms with Gasteiger partial charge in [-0.1, -0.05) is 34.1 Å². The highest BCUT2D eigenvalue weighted by atomic mass is 79.9. The second-order valence-electron chi connectivity index (χ2n) is 7.00. The Hall–Kier alpha value is -2.80. The fraction of sp³-hybridized carbons (Fsp3) is 0.227. The lowest BCUT2D eigenvalue weighted by atomic mass is 10.1. The molecule has 1 heterocycles. The normalized spacial score (nSPS) is 13.4. The average Bonchev–Trinajstić information content (AvgIpc) is 2.80. The van der Waals surface area contributed by atoms with Crippen LogP contribution in [0.5, 0.6) is 0 Å². The predicted octanol–water partition coefficient (Wildman–Crippen LogP) is 3.92. The maximum absolute atomic E-state index is 14.0. The van der Waals surface area contributed by atoms with E-state index < -0.39 is 5.91 Å². The Morgan fingerprint density at radius 3 is 2.66 bits per heavy atom. The third kappa shape index (κ3) is 4.98. The van der Waals surface area contributed by atoms with Gasteiger partial charge in [0.25, 0.3) is 0 Å². The van der Waals surface area contributed by atoms with Gasteiger partial charge in [-0.15, -0.1) is 0 Å². The first-order valence-electron chi connectivity index (χ1n) is 9.07. The summed E-state index contributed by atoms with van der Waals surface area (Å²) in [6, 6.07) is 10.3. The summed E-state index contributed by atoms with van der Waals surface area (Å²) >= 11 is 3.42. The minimum atomic E-state index is -0.453. The summed E-state index contributed by atoms with van der Waals surface area (Å²) in [6.07, 6.45) is 1.54. The Morgan fingerprint density at radius 1 is 1.21 bits per heavy atom. The number of carbonyl (C=O) groups is 3. The number of rotatable bonds is 5. The van der Waals surface area contributed by atoms with Gasteiger partial charge in [-0.05, 0) is 54.8 Å². The molecule has 2 aromatic rings. The molecule has 0 saturated carbocycles. The number of nitrogens with one attached hydrogen (secondary N) is 1. The van der Waals surface area contributed by atoms with E-state index in [-0.39, 0.29) is 42.6 Å². The topological polar surface area (TPSA) is 66.5 Å². The average molecular weight is 459 g/mol. The van der Waals surface area contributed by atoms with Crippen LogP contribution < -0.4 is 10.2 Å². The van der Waals surface area contributed by atoms with Gasteiger partial charge in [0.2, 0.25) is 11.8 Å². The number of ketones is 1. The van der Waals surface area contributed by atoms with Crippen molar-refractivity contribution >= 4 is 45.3 Å². The second-order valence-corrected chi connectivity index (χ2v) is 7.91. The Balaban J connectivity index is 1.96. The molecule has 5 nitrogen and oxygen atoms in total. The van der Waals surface area contributed by atoms with Crippen LogP contribution in [0.15, 0.2) is 46.4 Å². The Bertz CT molecular complexity index is 1030. The number of Topliss-reactive ketones (excluding diaryl/α,β-unsaturated/α-hetero) is 1. The van der Waals surface area contributed by atoms with Crippen LogP contribution in [0.4, 0.5) is 10.1 Å². The molecule has 0 atom stereocenters. The van der Waals surface area contributed by atoms with Crippen molar-refractivity contribution in [3.8, 4) is 0 Å². The number of aryl methyl sites for hydroxylation is 1. The molecule has 0 unspecified atom stereocenters. The lowest BCUT2D eigenvalue weighted by Gasteiger charge is -2.24. The van der Waals surface area contributed by atoms with Gasteiger partial charge in [0.1, 0.15) is 11.6 Å². The molecule has 29 heavy (non-hydrogen) atoms. The molecular formula is C22H20BrFN2O3. The number of halogens is 2. The van der Waals surface area contributed by atoms with Crippen molar-refractivity contribution in [3.63, 3.8) is 0 Å². The molecule has 3 rings (SSSR count). The van der Waals surface area contributed by atoms with Crippen LogP contribution in [-0.4, -0.2) is 24.1 Å². The van der Waals surface area contributed by atoms with E-state index >= 15 is 0 Å².